The van der Waals surface area contributed by atoms with Gasteiger partial charge in [-0.15, -0.1) is 0 Å². The predicted octanol–water partition coefficient (Wildman–Crippen LogP) is 7.95. The van der Waals surface area contributed by atoms with Gasteiger partial charge in [0.15, 0.2) is 0 Å². The fourth-order valence-corrected chi connectivity index (χ4v) is 5.11. The van der Waals surface area contributed by atoms with Crippen LogP contribution < -0.4 is 20.7 Å². The number of nitrogens with one attached hydrogen (secondary N) is 3. The molecular formula is C33H39Cl2F2N3O3. The maximum atomic E-state index is 15.2. The van der Waals surface area contributed by atoms with Gasteiger partial charge < -0.3 is 20.7 Å². The van der Waals surface area contributed by atoms with Gasteiger partial charge in [0.25, 0.3) is 5.91 Å². The molecule has 3 aromatic rings. The molecule has 10 heteroatoms. The van der Waals surface area contributed by atoms with Crippen molar-refractivity contribution in [1.82, 2.24) is 10.6 Å². The summed E-state index contributed by atoms with van der Waals surface area (Å²) in [4.78, 5) is 26.0. The van der Waals surface area contributed by atoms with Crippen molar-refractivity contribution in [2.75, 3.05) is 19.0 Å². The van der Waals surface area contributed by atoms with Crippen molar-refractivity contribution in [1.29, 1.82) is 0 Å². The zero-order valence-corrected chi connectivity index (χ0v) is 27.0. The number of benzene rings is 3. The summed E-state index contributed by atoms with van der Waals surface area (Å²) >= 11 is 12.0. The number of methoxy groups -OCH3 is 1. The van der Waals surface area contributed by atoms with Crippen molar-refractivity contribution in [3.8, 4) is 5.75 Å². The van der Waals surface area contributed by atoms with Gasteiger partial charge in [0.05, 0.1) is 23.9 Å². The first kappa shape index (κ1) is 34.3. The standard InChI is InChI=1S/C28H27Cl2F2N3O3.C5H12/c1-14(2)34-27(36)15-7-10-22(23(11-15)38-3)35-28(37)26-24(18-5-4-6-20(30)25(18)32)19(13-33-26)17-9-8-16(29)12-21(17)31;1-5(2,3)4/h4-12,14,19,24,26,33H,13H2,1-3H3,(H,34,36)(H,35,37);1-4H3/t19?,24-,26?;/m0./s1. The summed E-state index contributed by atoms with van der Waals surface area (Å²) in [5, 5.41) is 8.87. The van der Waals surface area contributed by atoms with Gasteiger partial charge in [-0.2, -0.15) is 0 Å². The van der Waals surface area contributed by atoms with Crippen LogP contribution >= 0.6 is 23.2 Å². The lowest BCUT2D eigenvalue weighted by Gasteiger charge is -2.26. The molecule has 0 aromatic heterocycles. The van der Waals surface area contributed by atoms with Crippen LogP contribution in [-0.2, 0) is 4.79 Å². The van der Waals surface area contributed by atoms with Gasteiger partial charge in [-0.1, -0.05) is 69.1 Å². The number of anilines is 1. The Hall–Kier alpha value is -3.20. The van der Waals surface area contributed by atoms with Gasteiger partial charge in [0, 0.05) is 35.0 Å². The van der Waals surface area contributed by atoms with E-state index >= 15 is 4.39 Å². The van der Waals surface area contributed by atoms with E-state index in [2.05, 4.69) is 43.6 Å². The highest BCUT2D eigenvalue weighted by molar-refractivity contribution is 6.31. The zero-order chi connectivity index (χ0) is 32.1. The van der Waals surface area contributed by atoms with Crippen LogP contribution in [0.4, 0.5) is 14.5 Å². The third-order valence-corrected chi connectivity index (χ3v) is 7.00. The fourth-order valence-electron chi connectivity index (χ4n) is 4.77. The summed E-state index contributed by atoms with van der Waals surface area (Å²) in [6.07, 6.45) is 0. The van der Waals surface area contributed by atoms with Crippen LogP contribution in [0.1, 0.15) is 74.9 Å². The van der Waals surface area contributed by atoms with E-state index in [0.717, 1.165) is 0 Å². The number of halogens is 4. The molecule has 3 aromatic carbocycles. The molecule has 2 amide bonds. The van der Waals surface area contributed by atoms with E-state index in [-0.39, 0.29) is 39.9 Å². The molecule has 0 aliphatic carbocycles. The molecule has 0 spiro atoms. The zero-order valence-electron chi connectivity index (χ0n) is 25.4. The molecule has 2 unspecified atom stereocenters. The third-order valence-electron chi connectivity index (χ3n) is 6.48. The predicted molar refractivity (Wildman–Crippen MR) is 169 cm³/mol. The number of rotatable bonds is 7. The van der Waals surface area contributed by atoms with Gasteiger partial charge in [0.2, 0.25) is 5.91 Å². The van der Waals surface area contributed by atoms with E-state index in [9.17, 15) is 14.0 Å². The summed E-state index contributed by atoms with van der Waals surface area (Å²) in [6.45, 7) is 12.7. The molecule has 1 fully saturated rings. The number of carbonyl (C=O) groups is 2. The van der Waals surface area contributed by atoms with Crippen LogP contribution in [0.3, 0.4) is 0 Å². The Morgan fingerprint density at radius 2 is 1.67 bits per heavy atom. The van der Waals surface area contributed by atoms with Gasteiger partial charge in [-0.3, -0.25) is 9.59 Å². The van der Waals surface area contributed by atoms with Crippen LogP contribution in [0.5, 0.6) is 5.75 Å². The number of amides is 2. The van der Waals surface area contributed by atoms with E-state index in [4.69, 9.17) is 27.9 Å². The van der Waals surface area contributed by atoms with Crippen LogP contribution in [0, 0.1) is 17.0 Å². The van der Waals surface area contributed by atoms with Crippen LogP contribution in [0.15, 0.2) is 54.6 Å². The van der Waals surface area contributed by atoms with Crippen molar-refractivity contribution in [2.24, 2.45) is 5.41 Å². The molecule has 0 radical (unpaired) electrons. The first-order valence-electron chi connectivity index (χ1n) is 14.0. The largest absolute Gasteiger partial charge is 0.495 e. The number of carbonyl (C=O) groups excluding carboxylic acids is 2. The second kappa shape index (κ2) is 14.5. The summed E-state index contributed by atoms with van der Waals surface area (Å²) in [5.74, 6) is -3.07. The molecule has 1 aliphatic rings. The van der Waals surface area contributed by atoms with E-state index in [1.165, 1.54) is 25.3 Å². The Balaban J connectivity index is 0.000000934. The fraction of sp³-hybridized carbons (Fsp3) is 0.394. The quantitative estimate of drug-likeness (QED) is 0.247. The minimum Gasteiger partial charge on any atom is -0.495 e. The molecule has 6 nitrogen and oxygen atoms in total. The SMILES string of the molecule is CC(C)(C)C.COc1cc(C(=O)NC(C)C)ccc1NC(=O)C1NCC(c2ccc(Cl)cc2F)[C@@H]1c1cccc(Cl)c1F. The van der Waals surface area contributed by atoms with Crippen molar-refractivity contribution in [2.45, 2.75) is 65.5 Å². The van der Waals surface area contributed by atoms with E-state index < -0.39 is 35.4 Å². The van der Waals surface area contributed by atoms with Gasteiger partial charge >= 0.3 is 0 Å². The third kappa shape index (κ3) is 9.15. The molecule has 4 rings (SSSR count). The Kier molecular flexibility index (Phi) is 11.6. The monoisotopic (exact) mass is 633 g/mol. The van der Waals surface area contributed by atoms with Crippen molar-refractivity contribution < 1.29 is 23.1 Å². The topological polar surface area (TPSA) is 79.5 Å². The van der Waals surface area contributed by atoms with E-state index in [1.54, 1.807) is 36.4 Å². The summed E-state index contributed by atoms with van der Waals surface area (Å²) in [5.41, 5.74) is 1.69. The van der Waals surface area contributed by atoms with Crippen LogP contribution in [-0.4, -0.2) is 37.6 Å². The van der Waals surface area contributed by atoms with Crippen LogP contribution in [0.25, 0.3) is 0 Å². The van der Waals surface area contributed by atoms with Gasteiger partial charge in [-0.05, 0) is 66.8 Å². The molecule has 232 valence electrons. The highest BCUT2D eigenvalue weighted by atomic mass is 35.5. The Morgan fingerprint density at radius 3 is 2.28 bits per heavy atom. The van der Waals surface area contributed by atoms with Gasteiger partial charge in [0.1, 0.15) is 17.4 Å². The second-order valence-corrected chi connectivity index (χ2v) is 13.2. The summed E-state index contributed by atoms with van der Waals surface area (Å²) in [6, 6.07) is 12.5. The normalized spacial score (nSPS) is 18.1. The number of ether oxygens (including phenoxy) is 1. The molecule has 0 bridgehead atoms. The Labute approximate surface area is 262 Å². The number of hydrogen-bond acceptors (Lipinski definition) is 4. The lowest BCUT2D eigenvalue weighted by Crippen LogP contribution is -2.39. The molecule has 43 heavy (non-hydrogen) atoms. The van der Waals surface area contributed by atoms with Crippen molar-refractivity contribution >= 4 is 40.7 Å². The first-order chi connectivity index (χ1) is 20.1. The van der Waals surface area contributed by atoms with Crippen molar-refractivity contribution in [3.63, 3.8) is 0 Å². The summed E-state index contributed by atoms with van der Waals surface area (Å²) < 4.78 is 35.6. The maximum Gasteiger partial charge on any atom is 0.251 e. The highest BCUT2D eigenvalue weighted by Crippen LogP contribution is 2.43. The highest BCUT2D eigenvalue weighted by Gasteiger charge is 2.44. The maximum absolute atomic E-state index is 15.2. The Morgan fingerprint density at radius 1 is 1.00 bits per heavy atom. The molecule has 0 saturated carbocycles. The molecule has 1 saturated heterocycles. The first-order valence-corrected chi connectivity index (χ1v) is 14.8. The lowest BCUT2D eigenvalue weighted by molar-refractivity contribution is -0.118. The van der Waals surface area contributed by atoms with Crippen LogP contribution in [0.2, 0.25) is 10.0 Å². The van der Waals surface area contributed by atoms with Crippen molar-refractivity contribution in [3.05, 3.63) is 93.0 Å². The molecule has 1 heterocycles. The molecule has 1 aliphatic heterocycles. The van der Waals surface area contributed by atoms with E-state index in [1.807, 2.05) is 13.8 Å². The number of hydrogen-bond donors (Lipinski definition) is 3. The smallest absolute Gasteiger partial charge is 0.251 e. The Bertz CT molecular complexity index is 1450. The second-order valence-electron chi connectivity index (χ2n) is 12.4. The lowest BCUT2D eigenvalue weighted by atomic mass is 9.79. The minimum absolute atomic E-state index is 0.0523. The average molecular weight is 635 g/mol. The molecule has 3 atom stereocenters. The average Bonchev–Trinajstić information content (AvgIpc) is 3.33. The molecule has 3 N–H and O–H groups in total. The minimum atomic E-state index is -0.934. The van der Waals surface area contributed by atoms with E-state index in [0.29, 0.717) is 22.2 Å². The summed E-state index contributed by atoms with van der Waals surface area (Å²) in [7, 11) is 1.42. The molecular weight excluding hydrogens is 595 g/mol. The van der Waals surface area contributed by atoms with Gasteiger partial charge in [-0.25, -0.2) is 8.78 Å².